The SMILES string of the molecule is CCCNc1ncnc(SC2CCOCC2)c1C(C)C. The van der Waals surface area contributed by atoms with Gasteiger partial charge in [-0.3, -0.25) is 0 Å². The molecule has 1 fully saturated rings. The quantitative estimate of drug-likeness (QED) is 0.811. The molecule has 1 aliphatic rings. The predicted molar refractivity (Wildman–Crippen MR) is 84.6 cm³/mol. The molecule has 2 heterocycles. The molecule has 1 aromatic heterocycles. The van der Waals surface area contributed by atoms with Gasteiger partial charge in [-0.05, 0) is 25.2 Å². The molecule has 20 heavy (non-hydrogen) atoms. The van der Waals surface area contributed by atoms with Crippen molar-refractivity contribution in [3.63, 3.8) is 0 Å². The number of hydrogen-bond acceptors (Lipinski definition) is 5. The average Bonchev–Trinajstić information content (AvgIpc) is 2.46. The van der Waals surface area contributed by atoms with E-state index in [0.717, 1.165) is 49.9 Å². The van der Waals surface area contributed by atoms with Crippen LogP contribution in [-0.2, 0) is 4.74 Å². The summed E-state index contributed by atoms with van der Waals surface area (Å²) in [6.07, 6.45) is 5.02. The maximum atomic E-state index is 5.43. The van der Waals surface area contributed by atoms with Gasteiger partial charge in [0.05, 0.1) is 0 Å². The van der Waals surface area contributed by atoms with Crippen molar-refractivity contribution in [3.05, 3.63) is 11.9 Å². The first kappa shape index (κ1) is 15.6. The number of nitrogens with zero attached hydrogens (tertiary/aromatic N) is 2. The maximum Gasteiger partial charge on any atom is 0.133 e. The number of anilines is 1. The molecule has 112 valence electrons. The Labute approximate surface area is 126 Å². The van der Waals surface area contributed by atoms with Gasteiger partial charge in [0.15, 0.2) is 0 Å². The maximum absolute atomic E-state index is 5.43. The van der Waals surface area contributed by atoms with E-state index in [0.29, 0.717) is 11.2 Å². The van der Waals surface area contributed by atoms with E-state index in [1.807, 2.05) is 11.8 Å². The zero-order chi connectivity index (χ0) is 14.4. The van der Waals surface area contributed by atoms with Crippen molar-refractivity contribution in [2.24, 2.45) is 0 Å². The van der Waals surface area contributed by atoms with Crippen LogP contribution in [-0.4, -0.2) is 35.0 Å². The Hall–Kier alpha value is -0.810. The molecule has 0 spiro atoms. The van der Waals surface area contributed by atoms with E-state index in [9.17, 15) is 0 Å². The molecular weight excluding hydrogens is 270 g/mol. The lowest BCUT2D eigenvalue weighted by atomic mass is 10.1. The lowest BCUT2D eigenvalue weighted by Gasteiger charge is -2.23. The molecule has 0 unspecified atom stereocenters. The molecule has 5 heteroatoms. The molecule has 1 saturated heterocycles. The normalized spacial score (nSPS) is 16.6. The molecule has 0 amide bonds. The van der Waals surface area contributed by atoms with Crippen molar-refractivity contribution in [1.29, 1.82) is 0 Å². The summed E-state index contributed by atoms with van der Waals surface area (Å²) in [5.41, 5.74) is 1.26. The van der Waals surface area contributed by atoms with Crippen LogP contribution in [0.3, 0.4) is 0 Å². The molecular formula is C15H25N3OS. The summed E-state index contributed by atoms with van der Waals surface area (Å²) < 4.78 is 5.43. The van der Waals surface area contributed by atoms with Gasteiger partial charge in [-0.25, -0.2) is 9.97 Å². The summed E-state index contributed by atoms with van der Waals surface area (Å²) >= 11 is 1.90. The van der Waals surface area contributed by atoms with E-state index in [-0.39, 0.29) is 0 Å². The van der Waals surface area contributed by atoms with Gasteiger partial charge in [0.1, 0.15) is 17.2 Å². The summed E-state index contributed by atoms with van der Waals surface area (Å²) in [6, 6.07) is 0. The molecule has 2 rings (SSSR count). The van der Waals surface area contributed by atoms with Crippen LogP contribution in [0.15, 0.2) is 11.4 Å². The second kappa shape index (κ2) is 7.84. The Kier molecular flexibility index (Phi) is 6.10. The molecule has 0 aromatic carbocycles. The topological polar surface area (TPSA) is 47.0 Å². The molecule has 0 saturated carbocycles. The first-order valence-electron chi connectivity index (χ1n) is 7.55. The highest BCUT2D eigenvalue weighted by atomic mass is 32.2. The first-order valence-corrected chi connectivity index (χ1v) is 8.43. The van der Waals surface area contributed by atoms with E-state index in [4.69, 9.17) is 4.74 Å². The summed E-state index contributed by atoms with van der Waals surface area (Å²) in [6.45, 7) is 9.30. The summed E-state index contributed by atoms with van der Waals surface area (Å²) in [4.78, 5) is 8.96. The second-order valence-corrected chi connectivity index (χ2v) is 6.74. The lowest BCUT2D eigenvalue weighted by Crippen LogP contribution is -2.18. The van der Waals surface area contributed by atoms with E-state index in [1.54, 1.807) is 6.33 Å². The largest absolute Gasteiger partial charge is 0.381 e. The van der Waals surface area contributed by atoms with Gasteiger partial charge in [-0.1, -0.05) is 20.8 Å². The van der Waals surface area contributed by atoms with Crippen molar-refractivity contribution in [3.8, 4) is 0 Å². The Morgan fingerprint density at radius 2 is 2.10 bits per heavy atom. The fraction of sp³-hybridized carbons (Fsp3) is 0.733. The third-order valence-electron chi connectivity index (χ3n) is 3.41. The zero-order valence-electron chi connectivity index (χ0n) is 12.7. The summed E-state index contributed by atoms with van der Waals surface area (Å²) in [5.74, 6) is 1.43. The third-order valence-corrected chi connectivity index (χ3v) is 4.77. The highest BCUT2D eigenvalue weighted by molar-refractivity contribution is 7.99. The molecule has 4 nitrogen and oxygen atoms in total. The number of thioether (sulfide) groups is 1. The van der Waals surface area contributed by atoms with E-state index in [1.165, 1.54) is 5.56 Å². The van der Waals surface area contributed by atoms with Crippen molar-refractivity contribution in [1.82, 2.24) is 9.97 Å². The van der Waals surface area contributed by atoms with Gasteiger partial charge in [-0.15, -0.1) is 11.8 Å². The van der Waals surface area contributed by atoms with Crippen LogP contribution in [0.4, 0.5) is 5.82 Å². The molecule has 0 atom stereocenters. The minimum absolute atomic E-state index is 0.429. The summed E-state index contributed by atoms with van der Waals surface area (Å²) in [7, 11) is 0. The second-order valence-electron chi connectivity index (χ2n) is 5.45. The highest BCUT2D eigenvalue weighted by Gasteiger charge is 2.21. The minimum atomic E-state index is 0.429. The minimum Gasteiger partial charge on any atom is -0.381 e. The molecule has 0 bridgehead atoms. The third kappa shape index (κ3) is 4.09. The van der Waals surface area contributed by atoms with Crippen LogP contribution in [0, 0.1) is 0 Å². The van der Waals surface area contributed by atoms with Crippen LogP contribution in [0.1, 0.15) is 51.5 Å². The standard InChI is InChI=1S/C15H25N3OS/c1-4-7-16-14-13(11(2)3)15(18-10-17-14)20-12-5-8-19-9-6-12/h10-12H,4-9H2,1-3H3,(H,16,17,18). The van der Waals surface area contributed by atoms with Gasteiger partial charge >= 0.3 is 0 Å². The number of aromatic nitrogens is 2. The fourth-order valence-corrected chi connectivity index (χ4v) is 3.64. The summed E-state index contributed by atoms with van der Waals surface area (Å²) in [5, 5.41) is 5.19. The van der Waals surface area contributed by atoms with Gasteiger partial charge in [0, 0.05) is 30.6 Å². The molecule has 0 aliphatic carbocycles. The number of hydrogen-bond donors (Lipinski definition) is 1. The van der Waals surface area contributed by atoms with Crippen molar-refractivity contribution < 1.29 is 4.74 Å². The lowest BCUT2D eigenvalue weighted by molar-refractivity contribution is 0.1000. The van der Waals surface area contributed by atoms with E-state index >= 15 is 0 Å². The van der Waals surface area contributed by atoms with Crippen molar-refractivity contribution >= 4 is 17.6 Å². The fourth-order valence-electron chi connectivity index (χ4n) is 2.33. The van der Waals surface area contributed by atoms with Gasteiger partial charge in [0.2, 0.25) is 0 Å². The van der Waals surface area contributed by atoms with Crippen LogP contribution < -0.4 is 5.32 Å². The molecule has 1 aromatic rings. The molecule has 1 aliphatic heterocycles. The zero-order valence-corrected chi connectivity index (χ0v) is 13.5. The molecule has 0 radical (unpaired) electrons. The van der Waals surface area contributed by atoms with Crippen LogP contribution in [0.2, 0.25) is 0 Å². The first-order chi connectivity index (χ1) is 9.72. The Morgan fingerprint density at radius 3 is 2.75 bits per heavy atom. The number of rotatable bonds is 6. The van der Waals surface area contributed by atoms with E-state index in [2.05, 4.69) is 36.1 Å². The van der Waals surface area contributed by atoms with E-state index < -0.39 is 0 Å². The van der Waals surface area contributed by atoms with Crippen molar-refractivity contribution in [2.75, 3.05) is 25.1 Å². The smallest absolute Gasteiger partial charge is 0.133 e. The molecule has 1 N–H and O–H groups in total. The predicted octanol–water partition coefficient (Wildman–Crippen LogP) is 3.69. The number of ether oxygens (including phenoxy) is 1. The van der Waals surface area contributed by atoms with Gasteiger partial charge in [-0.2, -0.15) is 0 Å². The Balaban J connectivity index is 2.17. The van der Waals surface area contributed by atoms with Gasteiger partial charge < -0.3 is 10.1 Å². The number of nitrogens with one attached hydrogen (secondary N) is 1. The van der Waals surface area contributed by atoms with Crippen LogP contribution in [0.25, 0.3) is 0 Å². The Morgan fingerprint density at radius 1 is 1.35 bits per heavy atom. The van der Waals surface area contributed by atoms with Gasteiger partial charge in [0.25, 0.3) is 0 Å². The average molecular weight is 295 g/mol. The van der Waals surface area contributed by atoms with Crippen molar-refractivity contribution in [2.45, 2.75) is 56.2 Å². The van der Waals surface area contributed by atoms with Crippen LogP contribution in [0.5, 0.6) is 0 Å². The monoisotopic (exact) mass is 295 g/mol. The Bertz CT molecular complexity index is 420. The highest BCUT2D eigenvalue weighted by Crippen LogP contribution is 2.36. The van der Waals surface area contributed by atoms with Crippen LogP contribution >= 0.6 is 11.8 Å².